The second kappa shape index (κ2) is 4.70. The minimum Gasteiger partial charge on any atom is -0.457 e. The lowest BCUT2D eigenvalue weighted by Gasteiger charge is -2.08. The standard InChI is InChI=1S/C18H13N3O/c19-17-15-9-11-6-7-14(22-13-4-2-1-3-5-13)8-12(11)10-16(15)18(20)21-17/h1-10H,(H3,19,20,21). The number of nitrogens with one attached hydrogen (secondary N) is 1. The first-order valence-electron chi connectivity index (χ1n) is 6.95. The van der Waals surface area contributed by atoms with Crippen LogP contribution in [-0.2, 0) is 0 Å². The van der Waals surface area contributed by atoms with Gasteiger partial charge in [-0.15, -0.1) is 0 Å². The van der Waals surface area contributed by atoms with Gasteiger partial charge in [0.05, 0.1) is 0 Å². The Labute approximate surface area is 127 Å². The number of benzene rings is 3. The quantitative estimate of drug-likeness (QED) is 0.754. The molecule has 22 heavy (non-hydrogen) atoms. The lowest BCUT2D eigenvalue weighted by molar-refractivity contribution is 0.483. The van der Waals surface area contributed by atoms with E-state index in [0.29, 0.717) is 5.84 Å². The number of para-hydroxylation sites is 1. The van der Waals surface area contributed by atoms with Crippen LogP contribution in [0.2, 0.25) is 0 Å². The number of fused-ring (bicyclic) bond motifs is 2. The van der Waals surface area contributed by atoms with Gasteiger partial charge in [-0.05, 0) is 47.2 Å². The Morgan fingerprint density at radius 2 is 1.59 bits per heavy atom. The lowest BCUT2D eigenvalue weighted by atomic mass is 10.0. The number of aliphatic imine (C=N–C) groups is 1. The van der Waals surface area contributed by atoms with Crippen LogP contribution in [0, 0.1) is 5.41 Å². The summed E-state index contributed by atoms with van der Waals surface area (Å²) in [5.41, 5.74) is 7.44. The van der Waals surface area contributed by atoms with Crippen LogP contribution < -0.4 is 10.5 Å². The first-order valence-corrected chi connectivity index (χ1v) is 6.95. The maximum atomic E-state index is 7.87. The van der Waals surface area contributed by atoms with E-state index in [9.17, 15) is 0 Å². The average molecular weight is 287 g/mol. The predicted molar refractivity (Wildman–Crippen MR) is 88.0 cm³/mol. The smallest absolute Gasteiger partial charge is 0.154 e. The van der Waals surface area contributed by atoms with E-state index in [-0.39, 0.29) is 5.84 Å². The van der Waals surface area contributed by atoms with Crippen molar-refractivity contribution in [3.8, 4) is 11.5 Å². The third-order valence-corrected chi connectivity index (χ3v) is 3.69. The molecular weight excluding hydrogens is 274 g/mol. The summed E-state index contributed by atoms with van der Waals surface area (Å²) >= 11 is 0. The highest BCUT2D eigenvalue weighted by molar-refractivity contribution is 6.22. The Bertz CT molecular complexity index is 930. The highest BCUT2D eigenvalue weighted by atomic mass is 16.5. The molecule has 0 amide bonds. The molecule has 0 aromatic heterocycles. The van der Waals surface area contributed by atoms with Crippen LogP contribution in [0.3, 0.4) is 0 Å². The molecule has 1 heterocycles. The van der Waals surface area contributed by atoms with E-state index in [1.54, 1.807) is 0 Å². The van der Waals surface area contributed by atoms with Crippen molar-refractivity contribution in [3.63, 3.8) is 0 Å². The minimum absolute atomic E-state index is 0.212. The first kappa shape index (κ1) is 12.6. The maximum absolute atomic E-state index is 7.87. The summed E-state index contributed by atoms with van der Waals surface area (Å²) in [4.78, 5) is 4.02. The van der Waals surface area contributed by atoms with Gasteiger partial charge in [-0.3, -0.25) is 5.41 Å². The van der Waals surface area contributed by atoms with Gasteiger partial charge in [0.1, 0.15) is 17.3 Å². The summed E-state index contributed by atoms with van der Waals surface area (Å²) in [7, 11) is 0. The summed E-state index contributed by atoms with van der Waals surface area (Å²) in [5.74, 6) is 2.18. The van der Waals surface area contributed by atoms with Crippen LogP contribution in [0.15, 0.2) is 65.7 Å². The summed E-state index contributed by atoms with van der Waals surface area (Å²) in [6, 6.07) is 19.4. The van der Waals surface area contributed by atoms with Crippen molar-refractivity contribution < 1.29 is 4.74 Å². The van der Waals surface area contributed by atoms with Gasteiger partial charge in [0.15, 0.2) is 5.84 Å². The molecule has 0 unspecified atom stereocenters. The van der Waals surface area contributed by atoms with Crippen molar-refractivity contribution in [2.24, 2.45) is 10.7 Å². The average Bonchev–Trinajstić information content (AvgIpc) is 2.80. The Kier molecular flexibility index (Phi) is 2.69. The van der Waals surface area contributed by atoms with E-state index in [4.69, 9.17) is 15.9 Å². The zero-order chi connectivity index (χ0) is 15.1. The molecule has 0 saturated carbocycles. The Morgan fingerprint density at radius 1 is 0.818 bits per heavy atom. The van der Waals surface area contributed by atoms with E-state index in [0.717, 1.165) is 33.4 Å². The summed E-state index contributed by atoms with van der Waals surface area (Å²) in [6.07, 6.45) is 0. The van der Waals surface area contributed by atoms with Crippen LogP contribution in [0.5, 0.6) is 11.5 Å². The van der Waals surface area contributed by atoms with Crippen molar-refractivity contribution in [3.05, 3.63) is 71.8 Å². The van der Waals surface area contributed by atoms with E-state index in [1.165, 1.54) is 0 Å². The first-order chi connectivity index (χ1) is 10.7. The number of nitrogens with two attached hydrogens (primary N) is 1. The van der Waals surface area contributed by atoms with Gasteiger partial charge in [0.25, 0.3) is 0 Å². The summed E-state index contributed by atoms with van der Waals surface area (Å²) in [5, 5.41) is 9.92. The molecule has 0 aliphatic carbocycles. The molecule has 3 aromatic carbocycles. The van der Waals surface area contributed by atoms with Crippen LogP contribution in [0.1, 0.15) is 11.1 Å². The van der Waals surface area contributed by atoms with Gasteiger partial charge >= 0.3 is 0 Å². The molecule has 0 spiro atoms. The topological polar surface area (TPSA) is 71.5 Å². The van der Waals surface area contributed by atoms with Gasteiger partial charge in [-0.25, -0.2) is 4.99 Å². The molecule has 0 saturated heterocycles. The maximum Gasteiger partial charge on any atom is 0.154 e. The van der Waals surface area contributed by atoms with Gasteiger partial charge in [-0.2, -0.15) is 0 Å². The number of nitrogens with zero attached hydrogens (tertiary/aromatic N) is 1. The van der Waals surface area contributed by atoms with Crippen LogP contribution in [0.25, 0.3) is 10.8 Å². The largest absolute Gasteiger partial charge is 0.457 e. The predicted octanol–water partition coefficient (Wildman–Crippen LogP) is 3.68. The fraction of sp³-hybridized carbons (Fsp3) is 0. The number of amidine groups is 2. The van der Waals surface area contributed by atoms with Crippen LogP contribution in [0.4, 0.5) is 0 Å². The fourth-order valence-electron chi connectivity index (χ4n) is 2.61. The molecule has 0 atom stereocenters. The Morgan fingerprint density at radius 3 is 2.41 bits per heavy atom. The Hall–Kier alpha value is -3.14. The minimum atomic E-state index is 0.212. The van der Waals surface area contributed by atoms with Gasteiger partial charge < -0.3 is 10.5 Å². The second-order valence-corrected chi connectivity index (χ2v) is 5.17. The Balaban J connectivity index is 1.78. The second-order valence-electron chi connectivity index (χ2n) is 5.17. The number of hydrogen-bond donors (Lipinski definition) is 2. The molecule has 0 radical (unpaired) electrons. The van der Waals surface area contributed by atoms with Gasteiger partial charge in [-0.1, -0.05) is 24.3 Å². The fourth-order valence-corrected chi connectivity index (χ4v) is 2.61. The molecule has 4 rings (SSSR count). The summed E-state index contributed by atoms with van der Waals surface area (Å²) in [6.45, 7) is 0. The molecule has 4 heteroatoms. The molecule has 4 nitrogen and oxygen atoms in total. The normalized spacial score (nSPS) is 13.1. The molecule has 3 N–H and O–H groups in total. The third-order valence-electron chi connectivity index (χ3n) is 3.69. The number of ether oxygens (including phenoxy) is 1. The zero-order valence-electron chi connectivity index (χ0n) is 11.7. The van der Waals surface area contributed by atoms with E-state index >= 15 is 0 Å². The molecule has 1 aliphatic rings. The van der Waals surface area contributed by atoms with E-state index in [1.807, 2.05) is 60.7 Å². The van der Waals surface area contributed by atoms with Crippen LogP contribution in [-0.4, -0.2) is 11.7 Å². The highest BCUT2D eigenvalue weighted by Gasteiger charge is 2.19. The van der Waals surface area contributed by atoms with Gasteiger partial charge in [0, 0.05) is 11.1 Å². The molecule has 3 aromatic rings. The van der Waals surface area contributed by atoms with Crippen molar-refractivity contribution in [1.29, 1.82) is 5.41 Å². The molecule has 106 valence electrons. The van der Waals surface area contributed by atoms with Crippen LogP contribution >= 0.6 is 0 Å². The molecular formula is C18H13N3O. The number of hydrogen-bond acceptors (Lipinski definition) is 3. The lowest BCUT2D eigenvalue weighted by Crippen LogP contribution is -2.10. The molecule has 0 fully saturated rings. The van der Waals surface area contributed by atoms with E-state index in [2.05, 4.69) is 4.99 Å². The van der Waals surface area contributed by atoms with E-state index < -0.39 is 0 Å². The van der Waals surface area contributed by atoms with Crippen molar-refractivity contribution in [2.75, 3.05) is 0 Å². The number of rotatable bonds is 2. The molecule has 0 bridgehead atoms. The van der Waals surface area contributed by atoms with Crippen molar-refractivity contribution in [2.45, 2.75) is 0 Å². The monoisotopic (exact) mass is 287 g/mol. The SMILES string of the molecule is N=C1N=C(N)c2cc3ccc(Oc4ccccc4)cc3cc21. The highest BCUT2D eigenvalue weighted by Crippen LogP contribution is 2.29. The zero-order valence-corrected chi connectivity index (χ0v) is 11.7. The molecule has 1 aliphatic heterocycles. The van der Waals surface area contributed by atoms with Crippen molar-refractivity contribution in [1.82, 2.24) is 0 Å². The third kappa shape index (κ3) is 2.02. The summed E-state index contributed by atoms with van der Waals surface area (Å²) < 4.78 is 5.85. The van der Waals surface area contributed by atoms with Gasteiger partial charge in [0.2, 0.25) is 0 Å². The van der Waals surface area contributed by atoms with Crippen molar-refractivity contribution >= 4 is 22.4 Å².